The number of carbonyl (C=O) groups is 2. The first-order chi connectivity index (χ1) is 22.0. The summed E-state index contributed by atoms with van der Waals surface area (Å²) in [6.07, 6.45) is -13.5. The fourth-order valence-corrected chi connectivity index (χ4v) is 5.37. The summed E-state index contributed by atoms with van der Waals surface area (Å²) in [7, 11) is 1.14. The van der Waals surface area contributed by atoms with Gasteiger partial charge in [-0.05, 0) is 56.7 Å². The fourth-order valence-electron chi connectivity index (χ4n) is 5.37. The van der Waals surface area contributed by atoms with E-state index in [1.807, 2.05) is 0 Å². The maximum Gasteiger partial charge on any atom is 0.428 e. The molecule has 0 radical (unpaired) electrons. The van der Waals surface area contributed by atoms with Gasteiger partial charge in [0, 0.05) is 25.2 Å². The van der Waals surface area contributed by atoms with Gasteiger partial charge in [-0.25, -0.2) is 27.8 Å². The molecule has 1 fully saturated rings. The topological polar surface area (TPSA) is 115 Å². The number of carbonyl (C=O) groups excluding carboxylic acids is 2. The van der Waals surface area contributed by atoms with Gasteiger partial charge in [0.2, 0.25) is 6.36 Å². The van der Waals surface area contributed by atoms with Crippen LogP contribution in [0, 0.1) is 11.3 Å². The number of fused-ring (bicyclic) bond motifs is 1. The van der Waals surface area contributed by atoms with Crippen LogP contribution in [0.5, 0.6) is 5.75 Å². The van der Waals surface area contributed by atoms with Crippen LogP contribution in [0.4, 0.5) is 39.9 Å². The summed E-state index contributed by atoms with van der Waals surface area (Å²) in [4.78, 5) is 26.6. The summed E-state index contributed by atoms with van der Waals surface area (Å²) < 4.78 is 126. The van der Waals surface area contributed by atoms with Gasteiger partial charge in [0.25, 0.3) is 11.6 Å². The summed E-state index contributed by atoms with van der Waals surface area (Å²) >= 11 is 0. The van der Waals surface area contributed by atoms with Crippen LogP contribution in [0.15, 0.2) is 30.6 Å². The van der Waals surface area contributed by atoms with Crippen LogP contribution < -0.4 is 4.74 Å². The quantitative estimate of drug-likeness (QED) is 0.270. The van der Waals surface area contributed by atoms with Gasteiger partial charge in [0.05, 0.1) is 30.0 Å². The molecule has 5 rings (SSSR count). The lowest BCUT2D eigenvalue weighted by Crippen LogP contribution is -2.46. The Hall–Kier alpha value is -4.69. The molecule has 10 nitrogen and oxygen atoms in total. The van der Waals surface area contributed by atoms with Crippen molar-refractivity contribution in [1.82, 2.24) is 24.5 Å². The molecule has 1 saturated carbocycles. The van der Waals surface area contributed by atoms with Crippen molar-refractivity contribution in [2.24, 2.45) is 7.05 Å². The second-order valence-electron chi connectivity index (χ2n) is 11.1. The lowest BCUT2D eigenvalue weighted by molar-refractivity contribution is -0.240. The van der Waals surface area contributed by atoms with Crippen molar-refractivity contribution in [3.63, 3.8) is 0 Å². The van der Waals surface area contributed by atoms with Crippen molar-refractivity contribution >= 4 is 12.0 Å². The molecule has 3 heterocycles. The number of aryl methyl sites for hydroxylation is 1. The number of hydrogen-bond acceptors (Lipinski definition) is 7. The number of imide groups is 1. The number of benzene rings is 1. The van der Waals surface area contributed by atoms with E-state index in [-0.39, 0.29) is 49.8 Å². The maximum absolute atomic E-state index is 15.7. The van der Waals surface area contributed by atoms with E-state index in [0.29, 0.717) is 11.0 Å². The number of halogens is 8. The molecule has 252 valence electrons. The lowest BCUT2D eigenvalue weighted by Gasteiger charge is -2.26. The molecule has 0 bridgehead atoms. The summed E-state index contributed by atoms with van der Waals surface area (Å²) in [5.41, 5.74) is -9.37. The van der Waals surface area contributed by atoms with E-state index >= 15 is 4.39 Å². The number of nitrogens with zero attached hydrogens (tertiary/aromatic N) is 6. The van der Waals surface area contributed by atoms with E-state index in [4.69, 9.17) is 9.47 Å². The Labute approximate surface area is 261 Å². The minimum atomic E-state index is -5.44. The Morgan fingerprint density at radius 3 is 2.45 bits per heavy atom. The first-order valence-corrected chi connectivity index (χ1v) is 14.3. The predicted octanol–water partition coefficient (Wildman–Crippen LogP) is 6.92. The zero-order valence-corrected chi connectivity index (χ0v) is 24.8. The highest BCUT2D eigenvalue weighted by Gasteiger charge is 2.61. The molecule has 47 heavy (non-hydrogen) atoms. The minimum absolute atomic E-state index is 0.00836. The van der Waals surface area contributed by atoms with Crippen LogP contribution in [0.3, 0.4) is 0 Å². The number of amides is 2. The molecule has 1 aliphatic carbocycles. The smallest absolute Gasteiger partial charge is 0.428 e. The Morgan fingerprint density at radius 2 is 1.85 bits per heavy atom. The van der Waals surface area contributed by atoms with Gasteiger partial charge in [-0.1, -0.05) is 6.07 Å². The van der Waals surface area contributed by atoms with Crippen LogP contribution >= 0.6 is 0 Å². The average Bonchev–Trinajstić information content (AvgIpc) is 3.47. The number of hydrogen-bond donors (Lipinski definition) is 0. The van der Waals surface area contributed by atoms with E-state index in [1.165, 1.54) is 6.92 Å². The molecule has 2 aromatic heterocycles. The predicted molar refractivity (Wildman–Crippen MR) is 144 cm³/mol. The molecular formula is C29H26F8N6O4. The number of nitriles is 1. The Balaban J connectivity index is 1.61. The summed E-state index contributed by atoms with van der Waals surface area (Å²) in [5, 5.41) is 17.4. The molecule has 3 aromatic rings. The second-order valence-corrected chi connectivity index (χ2v) is 11.1. The third kappa shape index (κ3) is 5.98. The van der Waals surface area contributed by atoms with Crippen molar-refractivity contribution in [1.29, 1.82) is 5.26 Å². The number of alkyl halides is 8. The Morgan fingerprint density at radius 1 is 1.15 bits per heavy atom. The summed E-state index contributed by atoms with van der Waals surface area (Å²) in [5.74, 6) is -2.72. The first kappa shape index (κ1) is 33.7. The van der Waals surface area contributed by atoms with Gasteiger partial charge in [0.15, 0.2) is 17.3 Å². The van der Waals surface area contributed by atoms with Crippen LogP contribution in [-0.4, -0.2) is 61.1 Å². The Bertz CT molecular complexity index is 1740. The molecule has 2 amide bonds. The number of aromatic nitrogens is 4. The van der Waals surface area contributed by atoms with E-state index in [2.05, 4.69) is 10.2 Å². The van der Waals surface area contributed by atoms with Crippen molar-refractivity contribution < 1.29 is 54.2 Å². The van der Waals surface area contributed by atoms with Crippen LogP contribution in [0.25, 0.3) is 16.9 Å². The van der Waals surface area contributed by atoms with Crippen LogP contribution in [-0.2, 0) is 23.6 Å². The number of ether oxygens (including phenoxy) is 2. The molecule has 18 heteroatoms. The first-order valence-electron chi connectivity index (χ1n) is 14.3. The van der Waals surface area contributed by atoms with Gasteiger partial charge in [-0.2, -0.15) is 41.8 Å². The molecule has 1 aromatic carbocycles. The zero-order chi connectivity index (χ0) is 34.5. The monoisotopic (exact) mass is 674 g/mol. The van der Waals surface area contributed by atoms with Crippen molar-refractivity contribution in [3.8, 4) is 28.8 Å². The van der Waals surface area contributed by atoms with E-state index in [9.17, 15) is 45.6 Å². The van der Waals surface area contributed by atoms with E-state index < -0.39 is 76.7 Å². The molecule has 0 saturated heterocycles. The van der Waals surface area contributed by atoms with Crippen LogP contribution in [0.1, 0.15) is 67.1 Å². The standard InChI is InChI=1S/C29H26F8N6O4/c1-3-46-25(45)43(26(15-38)10-11-26)24(44)18-12-16(7-8-19(18)28(32,33)34)17-13-39-42(14-17)23-21-22(40-41(23)2)27(31,29(35,36)37)9-5-4-6-20(30)47-21/h7-8,12-14,20H,3-6,9-11H2,1-2H3. The molecule has 2 unspecified atom stereocenters. The molecule has 0 N–H and O–H groups in total. The van der Waals surface area contributed by atoms with Crippen molar-refractivity contribution in [2.45, 2.75) is 75.4 Å². The molecule has 1 aliphatic heterocycles. The Kier molecular flexibility index (Phi) is 8.48. The molecule has 0 spiro atoms. The van der Waals surface area contributed by atoms with Crippen molar-refractivity contribution in [3.05, 3.63) is 47.4 Å². The van der Waals surface area contributed by atoms with Crippen molar-refractivity contribution in [2.75, 3.05) is 6.61 Å². The minimum Gasteiger partial charge on any atom is -0.454 e. The molecule has 2 atom stereocenters. The highest BCUT2D eigenvalue weighted by Crippen LogP contribution is 2.51. The summed E-state index contributed by atoms with van der Waals surface area (Å²) in [6, 6.07) is 4.17. The van der Waals surface area contributed by atoms with E-state index in [1.54, 1.807) is 6.07 Å². The normalized spacial score (nSPS) is 20.9. The fraction of sp³-hybridized carbons (Fsp3) is 0.483. The van der Waals surface area contributed by atoms with Gasteiger partial charge in [-0.15, -0.1) is 0 Å². The second kappa shape index (κ2) is 11.8. The summed E-state index contributed by atoms with van der Waals surface area (Å²) in [6.45, 7) is 1.18. The maximum atomic E-state index is 15.7. The molecule has 2 aliphatic rings. The van der Waals surface area contributed by atoms with E-state index in [0.717, 1.165) is 40.9 Å². The highest BCUT2D eigenvalue weighted by atomic mass is 19.4. The van der Waals surface area contributed by atoms with Gasteiger partial charge in [-0.3, -0.25) is 4.79 Å². The molecular weight excluding hydrogens is 648 g/mol. The zero-order valence-electron chi connectivity index (χ0n) is 24.8. The SMILES string of the molecule is CCOC(=O)N(C(=O)c1cc(-c2cnn(-c3c4c(nn3C)C(F)(C(F)(F)F)CCCCC(F)O4)c2)ccc1C(F)(F)F)C1(C#N)CC1. The van der Waals surface area contributed by atoms with Crippen LogP contribution in [0.2, 0.25) is 0 Å². The average molecular weight is 675 g/mol. The highest BCUT2D eigenvalue weighted by molar-refractivity contribution is 6.06. The third-order valence-corrected chi connectivity index (χ3v) is 7.95. The lowest BCUT2D eigenvalue weighted by atomic mass is 9.93. The number of rotatable bonds is 5. The van der Waals surface area contributed by atoms with Gasteiger partial charge >= 0.3 is 18.4 Å². The van der Waals surface area contributed by atoms with Gasteiger partial charge < -0.3 is 9.47 Å². The third-order valence-electron chi connectivity index (χ3n) is 7.95. The largest absolute Gasteiger partial charge is 0.454 e. The van der Waals surface area contributed by atoms with Gasteiger partial charge in [0.1, 0.15) is 5.54 Å².